The normalized spacial score (nSPS) is 16.2. The van der Waals surface area contributed by atoms with Crippen molar-refractivity contribution in [3.63, 3.8) is 0 Å². The Hall–Kier alpha value is -4.08. The molecule has 1 N–H and O–H groups in total. The minimum atomic E-state index is -1.03. The first kappa shape index (κ1) is 28.9. The van der Waals surface area contributed by atoms with Gasteiger partial charge >= 0.3 is 0 Å². The van der Waals surface area contributed by atoms with Gasteiger partial charge < -0.3 is 33.7 Å². The third-order valence-corrected chi connectivity index (χ3v) is 7.22. The third-order valence-electron chi connectivity index (χ3n) is 6.59. The molecule has 1 amide bonds. The van der Waals surface area contributed by atoms with Gasteiger partial charge in [0.25, 0.3) is 11.7 Å². The molecule has 4 rings (SSSR count). The van der Waals surface area contributed by atoms with Crippen molar-refractivity contribution in [2.24, 2.45) is 0 Å². The summed E-state index contributed by atoms with van der Waals surface area (Å²) in [5, 5.41) is 11.7. The lowest BCUT2D eigenvalue weighted by Crippen LogP contribution is -2.29. The van der Waals surface area contributed by atoms with E-state index in [9.17, 15) is 14.7 Å². The lowest BCUT2D eigenvalue weighted by atomic mass is 9.94. The molecule has 1 fully saturated rings. The number of carbonyl (C=O) groups excluding carboxylic acids is 2. The van der Waals surface area contributed by atoms with E-state index in [1.165, 1.54) is 46.5 Å². The molecule has 1 aliphatic heterocycles. The van der Waals surface area contributed by atoms with Crippen LogP contribution >= 0.6 is 23.2 Å². The van der Waals surface area contributed by atoms with E-state index in [2.05, 4.69) is 0 Å². The average Bonchev–Trinajstić information content (AvgIpc) is 3.21. The molecule has 0 bridgehead atoms. The molecule has 210 valence electrons. The van der Waals surface area contributed by atoms with Crippen molar-refractivity contribution >= 4 is 40.7 Å². The zero-order valence-corrected chi connectivity index (χ0v) is 23.9. The number of hydrogen-bond donors (Lipinski definition) is 1. The predicted octanol–water partition coefficient (Wildman–Crippen LogP) is 5.66. The van der Waals surface area contributed by atoms with Gasteiger partial charge in [0.15, 0.2) is 23.0 Å². The summed E-state index contributed by atoms with van der Waals surface area (Å²) in [7, 11) is 7.21. The predicted molar refractivity (Wildman–Crippen MR) is 150 cm³/mol. The van der Waals surface area contributed by atoms with Crippen LogP contribution in [0.2, 0.25) is 10.0 Å². The van der Waals surface area contributed by atoms with Crippen LogP contribution in [0, 0.1) is 0 Å². The van der Waals surface area contributed by atoms with Crippen molar-refractivity contribution in [1.82, 2.24) is 4.90 Å². The number of amides is 1. The van der Waals surface area contributed by atoms with E-state index in [0.29, 0.717) is 28.4 Å². The second-order valence-electron chi connectivity index (χ2n) is 8.64. The monoisotopic (exact) mass is 587 g/mol. The summed E-state index contributed by atoms with van der Waals surface area (Å²) in [4.78, 5) is 28.5. The van der Waals surface area contributed by atoms with Crippen molar-refractivity contribution < 1.29 is 38.4 Å². The van der Waals surface area contributed by atoms with Gasteiger partial charge in [-0.2, -0.15) is 0 Å². The van der Waals surface area contributed by atoms with Gasteiger partial charge in [-0.1, -0.05) is 47.5 Å². The van der Waals surface area contributed by atoms with Crippen molar-refractivity contribution in [1.29, 1.82) is 0 Å². The molecular formula is C29H27Cl2NO8. The molecule has 40 heavy (non-hydrogen) atoms. The van der Waals surface area contributed by atoms with Gasteiger partial charge in [-0.3, -0.25) is 9.59 Å². The Bertz CT molecular complexity index is 1500. The first-order valence-electron chi connectivity index (χ1n) is 11.9. The fourth-order valence-electron chi connectivity index (χ4n) is 4.72. The second kappa shape index (κ2) is 12.0. The number of benzene rings is 3. The summed E-state index contributed by atoms with van der Waals surface area (Å²) < 4.78 is 27.0. The third kappa shape index (κ3) is 4.98. The van der Waals surface area contributed by atoms with Crippen LogP contribution in [0.1, 0.15) is 22.7 Å². The zero-order valence-electron chi connectivity index (χ0n) is 22.4. The molecule has 0 aliphatic carbocycles. The lowest BCUT2D eigenvalue weighted by molar-refractivity contribution is -0.140. The van der Waals surface area contributed by atoms with Gasteiger partial charge in [0.05, 0.1) is 64.3 Å². The Morgan fingerprint density at radius 3 is 2.10 bits per heavy atom. The van der Waals surface area contributed by atoms with Crippen LogP contribution in [0.15, 0.2) is 54.1 Å². The van der Waals surface area contributed by atoms with Gasteiger partial charge in [-0.15, -0.1) is 0 Å². The molecule has 1 saturated heterocycles. The molecule has 0 radical (unpaired) electrons. The van der Waals surface area contributed by atoms with Crippen LogP contribution in [-0.2, 0) is 16.1 Å². The number of Topliss-reactive ketones (excluding diaryl/α,β-unsaturated/α-hetero) is 1. The fourth-order valence-corrected chi connectivity index (χ4v) is 5.41. The Balaban J connectivity index is 1.99. The largest absolute Gasteiger partial charge is 0.507 e. The van der Waals surface area contributed by atoms with Crippen LogP contribution in [0.25, 0.3) is 5.76 Å². The summed E-state index contributed by atoms with van der Waals surface area (Å²) >= 11 is 12.8. The molecule has 9 nitrogen and oxygen atoms in total. The minimum Gasteiger partial charge on any atom is -0.507 e. The maximum absolute atomic E-state index is 13.6. The maximum Gasteiger partial charge on any atom is 0.295 e. The van der Waals surface area contributed by atoms with Gasteiger partial charge in [-0.05, 0) is 29.8 Å². The Labute approximate surface area is 241 Å². The zero-order chi connectivity index (χ0) is 29.1. The summed E-state index contributed by atoms with van der Waals surface area (Å²) in [6, 6.07) is 12.4. The Kier molecular flexibility index (Phi) is 8.66. The standard InChI is InChI=1S/C29H27Cl2NO8/c1-36-19-9-7-6-8-16(19)14-32-24(15-10-11-20(37-2)21(12-15)38-3)22(26(34)29(32)35)25(33)17-13-18(30)28(40-5)23(31)27(17)39-4/h6-13,24,33H,14H2,1-5H3/b25-22+. The lowest BCUT2D eigenvalue weighted by Gasteiger charge is -2.27. The van der Waals surface area contributed by atoms with E-state index < -0.39 is 23.5 Å². The Morgan fingerprint density at radius 2 is 1.48 bits per heavy atom. The van der Waals surface area contributed by atoms with Gasteiger partial charge in [0.2, 0.25) is 0 Å². The minimum absolute atomic E-state index is 0.00559. The van der Waals surface area contributed by atoms with Crippen molar-refractivity contribution in [3.8, 4) is 28.7 Å². The molecule has 0 saturated carbocycles. The topological polar surface area (TPSA) is 104 Å². The molecule has 1 aliphatic rings. The van der Waals surface area contributed by atoms with Gasteiger partial charge in [0, 0.05) is 5.56 Å². The molecular weight excluding hydrogens is 561 g/mol. The van der Waals surface area contributed by atoms with Crippen molar-refractivity contribution in [3.05, 3.63) is 80.8 Å². The number of aliphatic hydroxyl groups excluding tert-OH is 1. The quantitative estimate of drug-likeness (QED) is 0.194. The number of ether oxygens (including phenoxy) is 5. The number of nitrogens with zero attached hydrogens (tertiary/aromatic N) is 1. The molecule has 3 aromatic rings. The number of carbonyl (C=O) groups is 2. The highest BCUT2D eigenvalue weighted by Gasteiger charge is 2.47. The summed E-state index contributed by atoms with van der Waals surface area (Å²) in [6.45, 7) is 0.00559. The number of para-hydroxylation sites is 1. The van der Waals surface area contributed by atoms with E-state index in [1.807, 2.05) is 0 Å². The number of ketones is 1. The first-order valence-corrected chi connectivity index (χ1v) is 12.7. The number of likely N-dealkylation sites (tertiary alicyclic amines) is 1. The van der Waals surface area contributed by atoms with Crippen molar-refractivity contribution in [2.45, 2.75) is 12.6 Å². The highest BCUT2D eigenvalue weighted by atomic mass is 35.5. The SMILES string of the molecule is COc1ccccc1CN1C(=O)C(=O)/C(=C(/O)c2cc(Cl)c(OC)c(Cl)c2OC)C1c1ccc(OC)c(OC)c1. The van der Waals surface area contributed by atoms with E-state index in [1.54, 1.807) is 42.5 Å². The number of rotatable bonds is 9. The molecule has 0 spiro atoms. The van der Waals surface area contributed by atoms with Gasteiger partial charge in [-0.25, -0.2) is 0 Å². The van der Waals surface area contributed by atoms with Crippen LogP contribution in [0.5, 0.6) is 28.7 Å². The fraction of sp³-hybridized carbons (Fsp3) is 0.241. The molecule has 1 unspecified atom stereocenters. The number of halogens is 2. The average molecular weight is 588 g/mol. The van der Waals surface area contributed by atoms with E-state index in [4.69, 9.17) is 46.9 Å². The van der Waals surface area contributed by atoms with Crippen LogP contribution < -0.4 is 23.7 Å². The highest BCUT2D eigenvalue weighted by Crippen LogP contribution is 2.48. The molecule has 3 aromatic carbocycles. The molecule has 1 atom stereocenters. The van der Waals surface area contributed by atoms with E-state index in [0.717, 1.165) is 0 Å². The smallest absolute Gasteiger partial charge is 0.295 e. The maximum atomic E-state index is 13.6. The van der Waals surface area contributed by atoms with Crippen LogP contribution in [-0.4, -0.2) is 57.2 Å². The molecule has 1 heterocycles. The number of hydrogen-bond acceptors (Lipinski definition) is 8. The number of methoxy groups -OCH3 is 5. The number of aliphatic hydroxyl groups is 1. The molecule has 0 aromatic heterocycles. The van der Waals surface area contributed by atoms with Crippen molar-refractivity contribution in [2.75, 3.05) is 35.5 Å². The molecule has 11 heteroatoms. The summed E-state index contributed by atoms with van der Waals surface area (Å²) in [5.74, 6) is -0.754. The van der Waals surface area contributed by atoms with Crippen LogP contribution in [0.4, 0.5) is 0 Å². The first-order chi connectivity index (χ1) is 19.2. The van der Waals surface area contributed by atoms with Crippen LogP contribution in [0.3, 0.4) is 0 Å². The summed E-state index contributed by atoms with van der Waals surface area (Å²) in [5.41, 5.74) is 0.963. The highest BCUT2D eigenvalue weighted by molar-refractivity contribution is 6.47. The van der Waals surface area contributed by atoms with E-state index >= 15 is 0 Å². The van der Waals surface area contributed by atoms with Gasteiger partial charge in [0.1, 0.15) is 16.5 Å². The Morgan fingerprint density at radius 1 is 0.825 bits per heavy atom. The second-order valence-corrected chi connectivity index (χ2v) is 9.42. The van der Waals surface area contributed by atoms with E-state index in [-0.39, 0.29) is 39.2 Å². The summed E-state index contributed by atoms with van der Waals surface area (Å²) in [6.07, 6.45) is 0.